The molecule has 1 aromatic heterocycles. The molecule has 1 N–H and O–H groups in total. The third-order valence-corrected chi connectivity index (χ3v) is 7.18. The second-order valence-electron chi connectivity index (χ2n) is 9.21. The highest BCUT2D eigenvalue weighted by molar-refractivity contribution is 5.75. The van der Waals surface area contributed by atoms with Crippen molar-refractivity contribution in [2.45, 2.75) is 50.6 Å². The van der Waals surface area contributed by atoms with Gasteiger partial charge in [-0.05, 0) is 68.4 Å². The van der Waals surface area contributed by atoms with E-state index >= 15 is 0 Å². The number of nitrogens with one attached hydrogen (secondary N) is 1. The van der Waals surface area contributed by atoms with Crippen LogP contribution in [-0.4, -0.2) is 52.5 Å². The molecule has 4 saturated carbocycles. The van der Waals surface area contributed by atoms with Crippen molar-refractivity contribution in [3.8, 4) is 0 Å². The molecule has 1 aromatic rings. The van der Waals surface area contributed by atoms with Crippen LogP contribution in [0.25, 0.3) is 0 Å². The summed E-state index contributed by atoms with van der Waals surface area (Å²) in [5, 5.41) is 3.51. The van der Waals surface area contributed by atoms with E-state index in [1.165, 1.54) is 38.5 Å². The first-order chi connectivity index (χ1) is 12.7. The van der Waals surface area contributed by atoms with Crippen LogP contribution in [0.1, 0.15) is 44.2 Å². The average molecular weight is 354 g/mol. The van der Waals surface area contributed by atoms with Gasteiger partial charge >= 0.3 is 6.03 Å². The number of aromatic nitrogens is 1. The lowest BCUT2D eigenvalue weighted by molar-refractivity contribution is -0.0165. The summed E-state index contributed by atoms with van der Waals surface area (Å²) in [6, 6.07) is 6.25. The van der Waals surface area contributed by atoms with Crippen LogP contribution in [0.5, 0.6) is 0 Å². The zero-order valence-electron chi connectivity index (χ0n) is 15.6. The van der Waals surface area contributed by atoms with Crippen molar-refractivity contribution in [1.82, 2.24) is 20.1 Å². The van der Waals surface area contributed by atoms with E-state index < -0.39 is 0 Å². The lowest BCUT2D eigenvalue weighted by Crippen LogP contribution is -2.63. The predicted molar refractivity (Wildman–Crippen MR) is 101 cm³/mol. The summed E-state index contributed by atoms with van der Waals surface area (Å²) < 4.78 is 0. The van der Waals surface area contributed by atoms with Gasteiger partial charge in [0.15, 0.2) is 0 Å². The minimum Gasteiger partial charge on any atom is -0.333 e. The van der Waals surface area contributed by atoms with Crippen molar-refractivity contribution in [2.24, 2.45) is 17.8 Å². The van der Waals surface area contributed by atoms with Gasteiger partial charge in [-0.1, -0.05) is 6.07 Å². The summed E-state index contributed by atoms with van der Waals surface area (Å²) in [6.45, 7) is 4.40. The van der Waals surface area contributed by atoms with Gasteiger partial charge in [-0.2, -0.15) is 0 Å². The van der Waals surface area contributed by atoms with Crippen molar-refractivity contribution in [3.05, 3.63) is 30.1 Å². The van der Waals surface area contributed by atoms with Gasteiger partial charge in [0, 0.05) is 44.5 Å². The van der Waals surface area contributed by atoms with Crippen molar-refractivity contribution >= 4 is 6.03 Å². The maximum Gasteiger partial charge on any atom is 0.317 e. The Morgan fingerprint density at radius 2 is 1.69 bits per heavy atom. The Kier molecular flexibility index (Phi) is 4.15. The van der Waals surface area contributed by atoms with Crippen LogP contribution in [0.2, 0.25) is 0 Å². The molecular formula is C21H30N4O. The highest BCUT2D eigenvalue weighted by Crippen LogP contribution is 2.55. The minimum atomic E-state index is 0.122. The maximum absolute atomic E-state index is 12.9. The highest BCUT2D eigenvalue weighted by Gasteiger charge is 2.51. The van der Waals surface area contributed by atoms with Crippen LogP contribution >= 0.6 is 0 Å². The molecule has 5 nitrogen and oxygen atoms in total. The molecular weight excluding hydrogens is 324 g/mol. The molecule has 2 amide bonds. The Hall–Kier alpha value is -1.62. The highest BCUT2D eigenvalue weighted by atomic mass is 16.2. The number of nitrogens with zero attached hydrogens (tertiary/aromatic N) is 3. The Morgan fingerprint density at radius 1 is 1.04 bits per heavy atom. The molecule has 0 radical (unpaired) electrons. The fraction of sp³-hybridized carbons (Fsp3) is 0.714. The number of amides is 2. The predicted octanol–water partition coefficient (Wildman–Crippen LogP) is 2.88. The Morgan fingerprint density at radius 3 is 2.27 bits per heavy atom. The van der Waals surface area contributed by atoms with Crippen LogP contribution in [0.15, 0.2) is 24.4 Å². The van der Waals surface area contributed by atoms with Crippen LogP contribution in [0, 0.1) is 17.8 Å². The first-order valence-electron chi connectivity index (χ1n) is 10.4. The molecule has 0 atom stereocenters. The Labute approximate surface area is 156 Å². The number of urea groups is 1. The van der Waals surface area contributed by atoms with Gasteiger partial charge in [0.1, 0.15) is 0 Å². The van der Waals surface area contributed by atoms with E-state index in [2.05, 4.69) is 21.3 Å². The quantitative estimate of drug-likeness (QED) is 0.908. The molecule has 5 fully saturated rings. The smallest absolute Gasteiger partial charge is 0.317 e. The zero-order chi connectivity index (χ0) is 17.6. The molecule has 140 valence electrons. The second kappa shape index (κ2) is 6.52. The Balaban J connectivity index is 1.15. The van der Waals surface area contributed by atoms with E-state index in [0.29, 0.717) is 0 Å². The lowest BCUT2D eigenvalue weighted by Gasteiger charge is -2.57. The normalized spacial score (nSPS) is 36.3. The van der Waals surface area contributed by atoms with Gasteiger partial charge in [-0.25, -0.2) is 4.79 Å². The molecule has 6 rings (SSSR count). The molecule has 0 aromatic carbocycles. The number of piperazine rings is 1. The minimum absolute atomic E-state index is 0.122. The van der Waals surface area contributed by atoms with Gasteiger partial charge in [-0.15, -0.1) is 0 Å². The second-order valence-corrected chi connectivity index (χ2v) is 9.21. The summed E-state index contributed by atoms with van der Waals surface area (Å²) in [5.41, 5.74) is 1.23. The van der Waals surface area contributed by atoms with Gasteiger partial charge in [-0.3, -0.25) is 9.88 Å². The lowest BCUT2D eigenvalue weighted by atomic mass is 9.53. The van der Waals surface area contributed by atoms with Crippen molar-refractivity contribution in [3.63, 3.8) is 0 Å². The van der Waals surface area contributed by atoms with Crippen LogP contribution in [-0.2, 0) is 6.54 Å². The van der Waals surface area contributed by atoms with Crippen molar-refractivity contribution in [1.29, 1.82) is 0 Å². The van der Waals surface area contributed by atoms with Crippen molar-refractivity contribution in [2.75, 3.05) is 26.2 Å². The molecule has 26 heavy (non-hydrogen) atoms. The molecule has 1 saturated heterocycles. The number of carbonyl (C=O) groups is 1. The number of rotatable bonds is 3. The molecule has 5 heteroatoms. The van der Waals surface area contributed by atoms with E-state index in [-0.39, 0.29) is 11.6 Å². The molecule has 0 spiro atoms. The number of hydrogen-bond acceptors (Lipinski definition) is 3. The van der Waals surface area contributed by atoms with Crippen LogP contribution < -0.4 is 5.32 Å². The SMILES string of the molecule is O=C(NC12CC3CC(CC(C3)C1)C2)N1CCN(Cc2ccccn2)CC1. The van der Waals surface area contributed by atoms with Crippen molar-refractivity contribution < 1.29 is 4.79 Å². The molecule has 5 aliphatic rings. The van der Waals surface area contributed by atoms with E-state index in [9.17, 15) is 4.79 Å². The summed E-state index contributed by atoms with van der Waals surface area (Å²) in [4.78, 5) is 21.8. The zero-order valence-corrected chi connectivity index (χ0v) is 15.6. The van der Waals surface area contributed by atoms with E-state index in [0.717, 1.165) is 56.2 Å². The van der Waals surface area contributed by atoms with Crippen LogP contribution in [0.3, 0.4) is 0 Å². The molecule has 2 heterocycles. The number of pyridine rings is 1. The average Bonchev–Trinajstić information content (AvgIpc) is 2.61. The Bertz CT molecular complexity index is 618. The number of carbonyl (C=O) groups excluding carboxylic acids is 1. The monoisotopic (exact) mass is 354 g/mol. The fourth-order valence-corrected chi connectivity index (χ4v) is 6.40. The molecule has 1 aliphatic heterocycles. The molecule has 0 unspecified atom stereocenters. The molecule has 4 bridgehead atoms. The van der Waals surface area contributed by atoms with E-state index in [1.54, 1.807) is 0 Å². The first kappa shape index (κ1) is 16.5. The maximum atomic E-state index is 12.9. The topological polar surface area (TPSA) is 48.5 Å². The molecule has 4 aliphatic carbocycles. The van der Waals surface area contributed by atoms with E-state index in [4.69, 9.17) is 0 Å². The van der Waals surface area contributed by atoms with Gasteiger partial charge in [0.25, 0.3) is 0 Å². The first-order valence-corrected chi connectivity index (χ1v) is 10.4. The third kappa shape index (κ3) is 3.22. The largest absolute Gasteiger partial charge is 0.333 e. The third-order valence-electron chi connectivity index (χ3n) is 7.18. The van der Waals surface area contributed by atoms with E-state index in [1.807, 2.05) is 23.2 Å². The van der Waals surface area contributed by atoms with Gasteiger partial charge in [0.2, 0.25) is 0 Å². The van der Waals surface area contributed by atoms with Gasteiger partial charge in [0.05, 0.1) is 5.69 Å². The number of hydrogen-bond donors (Lipinski definition) is 1. The summed E-state index contributed by atoms with van der Waals surface area (Å²) in [6.07, 6.45) is 9.79. The summed E-state index contributed by atoms with van der Waals surface area (Å²) >= 11 is 0. The summed E-state index contributed by atoms with van der Waals surface area (Å²) in [7, 11) is 0. The van der Waals surface area contributed by atoms with Gasteiger partial charge < -0.3 is 10.2 Å². The fourth-order valence-electron chi connectivity index (χ4n) is 6.40. The van der Waals surface area contributed by atoms with Crippen LogP contribution in [0.4, 0.5) is 4.79 Å². The summed E-state index contributed by atoms with van der Waals surface area (Å²) in [5.74, 6) is 2.62. The standard InChI is InChI=1S/C21H30N4O/c26-20(23-21-12-16-9-17(13-21)11-18(10-16)14-21)25-7-5-24(6-8-25)15-19-3-1-2-4-22-19/h1-4,16-18H,5-15H2,(H,23,26).